The number of benzene rings is 3. The van der Waals surface area contributed by atoms with Crippen molar-refractivity contribution >= 4 is 39.5 Å². The van der Waals surface area contributed by atoms with Gasteiger partial charge in [0, 0.05) is 53.2 Å². The molecule has 3 aromatic carbocycles. The molecular weight excluding hydrogens is 480 g/mol. The van der Waals surface area contributed by atoms with Gasteiger partial charge in [0.1, 0.15) is 5.76 Å². The molecule has 0 unspecified atom stereocenters. The van der Waals surface area contributed by atoms with Crippen LogP contribution in [-0.2, 0) is 11.3 Å². The number of amides is 2. The zero-order valence-corrected chi connectivity index (χ0v) is 21.6. The van der Waals surface area contributed by atoms with E-state index >= 15 is 0 Å². The molecule has 38 heavy (non-hydrogen) atoms. The normalized spacial score (nSPS) is 13.8. The van der Waals surface area contributed by atoms with Gasteiger partial charge in [0.25, 0.3) is 5.91 Å². The van der Waals surface area contributed by atoms with Crippen LogP contribution in [0.1, 0.15) is 33.8 Å². The van der Waals surface area contributed by atoms with Crippen molar-refractivity contribution in [3.8, 4) is 11.1 Å². The van der Waals surface area contributed by atoms with E-state index < -0.39 is 0 Å². The molecule has 0 radical (unpaired) electrons. The fraction of sp³-hybridized carbons (Fsp3) is 0.233. The number of aromatic nitrogens is 2. The molecule has 0 saturated carbocycles. The number of hydrogen-bond acceptors (Lipinski definition) is 5. The SMILES string of the molecule is CNC(=O)c1cc(-c2c(C)noc2C)cc2c1c1cc(N3CCCOC3=O)ccc1n2Cc1ccccc1. The first-order valence-corrected chi connectivity index (χ1v) is 12.7. The summed E-state index contributed by atoms with van der Waals surface area (Å²) >= 11 is 0. The van der Waals surface area contributed by atoms with Crippen LogP contribution in [0, 0.1) is 13.8 Å². The van der Waals surface area contributed by atoms with Gasteiger partial charge >= 0.3 is 6.09 Å². The maximum absolute atomic E-state index is 13.3. The molecule has 8 nitrogen and oxygen atoms in total. The summed E-state index contributed by atoms with van der Waals surface area (Å²) in [6.45, 7) is 5.41. The van der Waals surface area contributed by atoms with Gasteiger partial charge in [-0.05, 0) is 61.7 Å². The first-order valence-electron chi connectivity index (χ1n) is 12.7. The summed E-state index contributed by atoms with van der Waals surface area (Å²) in [6.07, 6.45) is 0.417. The number of nitrogens with one attached hydrogen (secondary N) is 1. The lowest BCUT2D eigenvalue weighted by Gasteiger charge is -2.26. The smallest absolute Gasteiger partial charge is 0.414 e. The number of aryl methyl sites for hydroxylation is 2. The van der Waals surface area contributed by atoms with Crippen LogP contribution in [0.5, 0.6) is 0 Å². The average molecular weight is 509 g/mol. The molecule has 0 aliphatic carbocycles. The Kier molecular flexibility index (Phi) is 5.87. The Labute approximate surface area is 219 Å². The second kappa shape index (κ2) is 9.37. The monoisotopic (exact) mass is 508 g/mol. The molecule has 3 heterocycles. The van der Waals surface area contributed by atoms with Gasteiger partial charge in [-0.3, -0.25) is 9.69 Å². The topological polar surface area (TPSA) is 89.6 Å². The Morgan fingerprint density at radius 2 is 1.87 bits per heavy atom. The van der Waals surface area contributed by atoms with E-state index in [0.717, 1.165) is 56.3 Å². The van der Waals surface area contributed by atoms with Crippen molar-refractivity contribution in [2.75, 3.05) is 25.1 Å². The highest BCUT2D eigenvalue weighted by Crippen LogP contribution is 2.39. The van der Waals surface area contributed by atoms with Gasteiger partial charge in [0.05, 0.1) is 17.8 Å². The number of rotatable bonds is 5. The van der Waals surface area contributed by atoms with Gasteiger partial charge in [-0.25, -0.2) is 4.79 Å². The number of anilines is 1. The summed E-state index contributed by atoms with van der Waals surface area (Å²) in [7, 11) is 1.63. The van der Waals surface area contributed by atoms with Crippen molar-refractivity contribution < 1.29 is 18.8 Å². The van der Waals surface area contributed by atoms with E-state index in [1.165, 1.54) is 0 Å². The number of hydrogen-bond donors (Lipinski definition) is 1. The summed E-state index contributed by atoms with van der Waals surface area (Å²) in [5.41, 5.74) is 6.83. The Bertz CT molecular complexity index is 1680. The van der Waals surface area contributed by atoms with E-state index in [0.29, 0.717) is 31.0 Å². The van der Waals surface area contributed by atoms with Crippen LogP contribution >= 0.6 is 0 Å². The third-order valence-electron chi connectivity index (χ3n) is 7.21. The minimum atomic E-state index is -0.351. The molecule has 5 aromatic rings. The lowest BCUT2D eigenvalue weighted by molar-refractivity contribution is 0.0964. The minimum Gasteiger partial charge on any atom is -0.449 e. The maximum Gasteiger partial charge on any atom is 0.414 e. The Balaban J connectivity index is 1.67. The quantitative estimate of drug-likeness (QED) is 0.323. The van der Waals surface area contributed by atoms with E-state index in [1.807, 2.05) is 56.3 Å². The molecule has 1 aliphatic heterocycles. The first-order chi connectivity index (χ1) is 18.5. The van der Waals surface area contributed by atoms with Crippen molar-refractivity contribution in [1.82, 2.24) is 15.0 Å². The Morgan fingerprint density at radius 1 is 1.05 bits per heavy atom. The van der Waals surface area contributed by atoms with Crippen molar-refractivity contribution in [3.05, 3.63) is 83.2 Å². The molecule has 2 aromatic heterocycles. The number of ether oxygens (including phenoxy) is 1. The zero-order valence-electron chi connectivity index (χ0n) is 21.6. The third-order valence-corrected chi connectivity index (χ3v) is 7.21. The van der Waals surface area contributed by atoms with Gasteiger partial charge in [-0.15, -0.1) is 0 Å². The minimum absolute atomic E-state index is 0.190. The van der Waals surface area contributed by atoms with Crippen molar-refractivity contribution in [2.24, 2.45) is 0 Å². The molecule has 8 heteroatoms. The first kappa shape index (κ1) is 23.8. The fourth-order valence-electron chi connectivity index (χ4n) is 5.46. The molecule has 0 spiro atoms. The van der Waals surface area contributed by atoms with Crippen LogP contribution in [0.25, 0.3) is 32.9 Å². The van der Waals surface area contributed by atoms with Gasteiger partial charge in [0.2, 0.25) is 0 Å². The fourth-order valence-corrected chi connectivity index (χ4v) is 5.46. The number of fused-ring (bicyclic) bond motifs is 3. The average Bonchev–Trinajstić information content (AvgIpc) is 3.44. The largest absolute Gasteiger partial charge is 0.449 e. The molecule has 1 fully saturated rings. The number of cyclic esters (lactones) is 1. The van der Waals surface area contributed by atoms with Crippen LogP contribution in [0.15, 0.2) is 65.2 Å². The molecule has 1 N–H and O–H groups in total. The third kappa shape index (κ3) is 3.89. The predicted molar refractivity (Wildman–Crippen MR) is 147 cm³/mol. The van der Waals surface area contributed by atoms with E-state index in [2.05, 4.69) is 33.2 Å². The van der Waals surface area contributed by atoms with Crippen LogP contribution in [0.4, 0.5) is 10.5 Å². The lowest BCUT2D eigenvalue weighted by Crippen LogP contribution is -2.37. The van der Waals surface area contributed by atoms with Crippen molar-refractivity contribution in [3.63, 3.8) is 0 Å². The highest BCUT2D eigenvalue weighted by molar-refractivity contribution is 6.20. The Morgan fingerprint density at radius 3 is 2.58 bits per heavy atom. The molecule has 0 atom stereocenters. The van der Waals surface area contributed by atoms with Crippen molar-refractivity contribution in [2.45, 2.75) is 26.8 Å². The Hall–Kier alpha value is -4.59. The van der Waals surface area contributed by atoms with Gasteiger partial charge < -0.3 is 19.1 Å². The van der Waals surface area contributed by atoms with Gasteiger partial charge in [-0.2, -0.15) is 0 Å². The molecule has 1 saturated heterocycles. The van der Waals surface area contributed by atoms with E-state index in [4.69, 9.17) is 9.26 Å². The number of carbonyl (C=O) groups excluding carboxylic acids is 2. The molecule has 1 aliphatic rings. The second-order valence-electron chi connectivity index (χ2n) is 9.59. The van der Waals surface area contributed by atoms with Gasteiger partial charge in [-0.1, -0.05) is 35.5 Å². The molecule has 192 valence electrons. The summed E-state index contributed by atoms with van der Waals surface area (Å²) in [5, 5.41) is 8.68. The van der Waals surface area contributed by atoms with Crippen LogP contribution in [0.2, 0.25) is 0 Å². The van der Waals surface area contributed by atoms with Crippen molar-refractivity contribution in [1.29, 1.82) is 0 Å². The summed E-state index contributed by atoms with van der Waals surface area (Å²) in [5.74, 6) is 0.506. The standard InChI is InChI=1S/C30H28N4O4/c1-18-27(19(2)38-32-18)21-14-24(29(35)31-3)28-23-16-22(33-12-7-13-37-30(33)36)10-11-25(23)34(26(28)15-21)17-20-8-5-4-6-9-20/h4-6,8-11,14-16H,7,12-13,17H2,1-3H3,(H,31,35). The highest BCUT2D eigenvalue weighted by Gasteiger charge is 2.25. The molecule has 2 amide bonds. The predicted octanol–water partition coefficient (Wildman–Crippen LogP) is 5.82. The summed E-state index contributed by atoms with van der Waals surface area (Å²) in [6, 6.07) is 20.2. The molecular formula is C30H28N4O4. The van der Waals surface area contributed by atoms with E-state index in [9.17, 15) is 9.59 Å². The summed E-state index contributed by atoms with van der Waals surface area (Å²) in [4.78, 5) is 27.5. The molecule has 0 bridgehead atoms. The van der Waals surface area contributed by atoms with Crippen LogP contribution in [-0.4, -0.2) is 41.9 Å². The highest BCUT2D eigenvalue weighted by atomic mass is 16.6. The number of carbonyl (C=O) groups is 2. The van der Waals surface area contributed by atoms with Crippen LogP contribution in [0.3, 0.4) is 0 Å². The summed E-state index contributed by atoms with van der Waals surface area (Å²) < 4.78 is 13.0. The second-order valence-corrected chi connectivity index (χ2v) is 9.59. The van der Waals surface area contributed by atoms with E-state index in [1.54, 1.807) is 11.9 Å². The lowest BCUT2D eigenvalue weighted by atomic mass is 9.97. The number of nitrogens with zero attached hydrogens (tertiary/aromatic N) is 3. The van der Waals surface area contributed by atoms with Gasteiger partial charge in [0.15, 0.2) is 0 Å². The zero-order chi connectivity index (χ0) is 26.4. The molecule has 6 rings (SSSR count). The van der Waals surface area contributed by atoms with E-state index in [-0.39, 0.29) is 12.0 Å². The van der Waals surface area contributed by atoms with Crippen LogP contribution < -0.4 is 10.2 Å². The maximum atomic E-state index is 13.3.